The number of benzene rings is 4. The molecule has 0 saturated carbocycles. The summed E-state index contributed by atoms with van der Waals surface area (Å²) in [4.78, 5) is 12.8. The number of fused-ring (bicyclic) bond motifs is 2. The maximum atomic E-state index is 12.8. The molecule has 1 N–H and O–H groups in total. The highest BCUT2D eigenvalue weighted by Gasteiger charge is 2.19. The standard InChI is InChI=1S/C32H29NO4/c1-20(16-30(34)33-18-22-12-14-24(35-3)15-13-22)27-17-28-29(19-37-32(28)21(2)31(27)36-4)26-11-7-9-23-8-5-6-10-25(23)26/h5-17,19H,18H2,1-4H3,(H,33,34)/b20-16+. The summed E-state index contributed by atoms with van der Waals surface area (Å²) in [6.07, 6.45) is 3.42. The van der Waals surface area contributed by atoms with Crippen molar-refractivity contribution in [2.75, 3.05) is 14.2 Å². The first-order valence-electron chi connectivity index (χ1n) is 12.2. The second kappa shape index (κ2) is 10.2. The molecule has 1 aromatic heterocycles. The number of carbonyl (C=O) groups is 1. The third kappa shape index (κ3) is 4.68. The van der Waals surface area contributed by atoms with Crippen LogP contribution in [-0.2, 0) is 11.3 Å². The predicted molar refractivity (Wildman–Crippen MR) is 149 cm³/mol. The summed E-state index contributed by atoms with van der Waals surface area (Å²) in [7, 11) is 3.27. The van der Waals surface area contributed by atoms with Crippen LogP contribution >= 0.6 is 0 Å². The van der Waals surface area contributed by atoms with Crippen molar-refractivity contribution in [1.82, 2.24) is 5.32 Å². The molecule has 0 unspecified atom stereocenters. The Morgan fingerprint density at radius 1 is 0.919 bits per heavy atom. The average molecular weight is 492 g/mol. The second-order valence-electron chi connectivity index (χ2n) is 9.03. The van der Waals surface area contributed by atoms with Crippen LogP contribution in [0.5, 0.6) is 11.5 Å². The molecule has 1 heterocycles. The van der Waals surface area contributed by atoms with Crippen LogP contribution in [-0.4, -0.2) is 20.1 Å². The van der Waals surface area contributed by atoms with Crippen LogP contribution < -0.4 is 14.8 Å². The summed E-state index contributed by atoms with van der Waals surface area (Å²) in [6, 6.07) is 24.3. The average Bonchev–Trinajstić information content (AvgIpc) is 3.36. The van der Waals surface area contributed by atoms with E-state index in [4.69, 9.17) is 13.9 Å². The Kier molecular flexibility index (Phi) is 6.69. The van der Waals surface area contributed by atoms with Gasteiger partial charge < -0.3 is 19.2 Å². The zero-order valence-corrected chi connectivity index (χ0v) is 21.4. The van der Waals surface area contributed by atoms with Crippen LogP contribution in [0.25, 0.3) is 38.4 Å². The number of methoxy groups -OCH3 is 2. The second-order valence-corrected chi connectivity index (χ2v) is 9.03. The fourth-order valence-electron chi connectivity index (χ4n) is 4.80. The van der Waals surface area contributed by atoms with Crippen LogP contribution in [0.3, 0.4) is 0 Å². The number of amides is 1. The minimum Gasteiger partial charge on any atom is -0.497 e. The summed E-state index contributed by atoms with van der Waals surface area (Å²) in [5, 5.41) is 6.28. The molecular formula is C32H29NO4. The zero-order chi connectivity index (χ0) is 25.9. The molecule has 0 aliphatic carbocycles. The molecule has 186 valence electrons. The number of allylic oxidation sites excluding steroid dienone is 1. The van der Waals surface area contributed by atoms with E-state index >= 15 is 0 Å². The number of nitrogens with one attached hydrogen (secondary N) is 1. The van der Waals surface area contributed by atoms with E-state index in [1.165, 1.54) is 5.39 Å². The number of hydrogen-bond donors (Lipinski definition) is 1. The van der Waals surface area contributed by atoms with Crippen molar-refractivity contribution in [2.45, 2.75) is 20.4 Å². The fourth-order valence-corrected chi connectivity index (χ4v) is 4.80. The monoisotopic (exact) mass is 491 g/mol. The van der Waals surface area contributed by atoms with E-state index in [0.717, 1.165) is 55.5 Å². The van der Waals surface area contributed by atoms with Crippen molar-refractivity contribution in [2.24, 2.45) is 0 Å². The summed E-state index contributed by atoms with van der Waals surface area (Å²) in [5.74, 6) is 1.31. The molecule has 0 fully saturated rings. The Morgan fingerprint density at radius 3 is 2.43 bits per heavy atom. The molecule has 0 aliphatic heterocycles. The smallest absolute Gasteiger partial charge is 0.244 e. The molecule has 5 rings (SSSR count). The van der Waals surface area contributed by atoms with Gasteiger partial charge in [0.2, 0.25) is 5.91 Å². The Bertz CT molecular complexity index is 1620. The number of rotatable bonds is 7. The van der Waals surface area contributed by atoms with Crippen molar-refractivity contribution in [1.29, 1.82) is 0 Å². The Morgan fingerprint density at radius 2 is 1.68 bits per heavy atom. The highest BCUT2D eigenvalue weighted by molar-refractivity contribution is 6.07. The molecule has 0 bridgehead atoms. The highest BCUT2D eigenvalue weighted by Crippen LogP contribution is 2.42. The van der Waals surface area contributed by atoms with Crippen LogP contribution in [0.15, 0.2) is 89.6 Å². The van der Waals surface area contributed by atoms with Gasteiger partial charge in [-0.05, 0) is 59.5 Å². The summed E-state index contributed by atoms with van der Waals surface area (Å²) >= 11 is 0. The van der Waals surface area contributed by atoms with Gasteiger partial charge in [0.15, 0.2) is 0 Å². The van der Waals surface area contributed by atoms with E-state index in [2.05, 4.69) is 41.7 Å². The first kappa shape index (κ1) is 24.2. The van der Waals surface area contributed by atoms with Crippen molar-refractivity contribution in [3.05, 3.63) is 102 Å². The third-order valence-electron chi connectivity index (χ3n) is 6.73. The minimum absolute atomic E-state index is 0.172. The molecule has 0 saturated heterocycles. The first-order chi connectivity index (χ1) is 18.0. The topological polar surface area (TPSA) is 60.7 Å². The first-order valence-corrected chi connectivity index (χ1v) is 12.2. The molecule has 5 aromatic rings. The molecule has 1 amide bonds. The van der Waals surface area contributed by atoms with E-state index in [1.807, 2.05) is 56.5 Å². The van der Waals surface area contributed by atoms with Gasteiger partial charge in [-0.15, -0.1) is 0 Å². The van der Waals surface area contributed by atoms with Crippen molar-refractivity contribution >= 4 is 33.2 Å². The lowest BCUT2D eigenvalue weighted by molar-refractivity contribution is -0.116. The third-order valence-corrected chi connectivity index (χ3v) is 6.73. The van der Waals surface area contributed by atoms with Crippen molar-refractivity contribution < 1.29 is 18.7 Å². The predicted octanol–water partition coefficient (Wildman–Crippen LogP) is 7.30. The molecule has 5 heteroatoms. The molecule has 4 aromatic carbocycles. The Hall–Kier alpha value is -4.51. The van der Waals surface area contributed by atoms with Gasteiger partial charge in [0.05, 0.1) is 20.5 Å². The van der Waals surface area contributed by atoms with Crippen LogP contribution in [0.4, 0.5) is 0 Å². The van der Waals surface area contributed by atoms with Crippen LogP contribution in [0.2, 0.25) is 0 Å². The largest absolute Gasteiger partial charge is 0.497 e. The molecule has 0 spiro atoms. The van der Waals surface area contributed by atoms with Gasteiger partial charge in [-0.1, -0.05) is 54.6 Å². The lowest BCUT2D eigenvalue weighted by Gasteiger charge is -2.14. The molecular weight excluding hydrogens is 462 g/mol. The minimum atomic E-state index is -0.172. The van der Waals surface area contributed by atoms with E-state index in [1.54, 1.807) is 20.3 Å². The number of ether oxygens (including phenoxy) is 2. The fraction of sp³-hybridized carbons (Fsp3) is 0.156. The Labute approximate surface area is 216 Å². The normalized spacial score (nSPS) is 11.6. The number of furan rings is 1. The molecule has 0 atom stereocenters. The summed E-state index contributed by atoms with van der Waals surface area (Å²) in [5.41, 5.74) is 6.44. The summed E-state index contributed by atoms with van der Waals surface area (Å²) in [6.45, 7) is 4.33. The number of aryl methyl sites for hydroxylation is 1. The lowest BCUT2D eigenvalue weighted by Crippen LogP contribution is -2.20. The molecule has 37 heavy (non-hydrogen) atoms. The Balaban J connectivity index is 1.51. The van der Waals surface area contributed by atoms with Gasteiger partial charge in [0.1, 0.15) is 17.1 Å². The number of hydrogen-bond acceptors (Lipinski definition) is 4. The maximum Gasteiger partial charge on any atom is 0.244 e. The van der Waals surface area contributed by atoms with Crippen molar-refractivity contribution in [3.8, 4) is 22.6 Å². The lowest BCUT2D eigenvalue weighted by atomic mass is 9.94. The SMILES string of the molecule is COc1ccc(CNC(=O)/C=C(\C)c2cc3c(-c4cccc5ccccc45)coc3c(C)c2OC)cc1. The van der Waals surface area contributed by atoms with Gasteiger partial charge >= 0.3 is 0 Å². The van der Waals surface area contributed by atoms with Crippen LogP contribution in [0, 0.1) is 6.92 Å². The van der Waals surface area contributed by atoms with E-state index in [-0.39, 0.29) is 5.91 Å². The van der Waals surface area contributed by atoms with E-state index < -0.39 is 0 Å². The molecule has 0 aliphatic rings. The van der Waals surface area contributed by atoms with Gasteiger partial charge in [-0.25, -0.2) is 0 Å². The van der Waals surface area contributed by atoms with E-state index in [0.29, 0.717) is 12.3 Å². The molecule has 0 radical (unpaired) electrons. The van der Waals surface area contributed by atoms with Gasteiger partial charge in [-0.2, -0.15) is 0 Å². The highest BCUT2D eigenvalue weighted by atomic mass is 16.5. The van der Waals surface area contributed by atoms with Crippen molar-refractivity contribution in [3.63, 3.8) is 0 Å². The zero-order valence-electron chi connectivity index (χ0n) is 21.4. The quantitative estimate of drug-likeness (QED) is 0.243. The maximum absolute atomic E-state index is 12.8. The van der Waals surface area contributed by atoms with E-state index in [9.17, 15) is 4.79 Å². The molecule has 5 nitrogen and oxygen atoms in total. The number of carbonyl (C=O) groups excluding carboxylic acids is 1. The van der Waals surface area contributed by atoms with Gasteiger partial charge in [0.25, 0.3) is 0 Å². The van der Waals surface area contributed by atoms with Gasteiger partial charge in [0, 0.05) is 34.7 Å². The van der Waals surface area contributed by atoms with Gasteiger partial charge in [-0.3, -0.25) is 4.79 Å². The summed E-state index contributed by atoms with van der Waals surface area (Å²) < 4.78 is 17.0. The van der Waals surface area contributed by atoms with Crippen LogP contribution in [0.1, 0.15) is 23.6 Å².